The van der Waals surface area contributed by atoms with Gasteiger partial charge in [-0.3, -0.25) is 18.6 Å². The van der Waals surface area contributed by atoms with Crippen LogP contribution in [-0.2, 0) is 32.7 Å². The average molecular weight is 1160 g/mol. The van der Waals surface area contributed by atoms with Crippen LogP contribution >= 0.6 is 7.82 Å². The van der Waals surface area contributed by atoms with Gasteiger partial charge < -0.3 is 18.9 Å². The van der Waals surface area contributed by atoms with Crippen LogP contribution in [0.2, 0.25) is 0 Å². The second kappa shape index (κ2) is 62.0. The Morgan fingerprint density at radius 3 is 1.00 bits per heavy atom. The molecule has 0 heterocycles. The lowest BCUT2D eigenvalue weighted by Gasteiger charge is -2.24. The Hall–Kier alpha value is -3.59. The van der Waals surface area contributed by atoms with E-state index in [2.05, 4.69) is 135 Å². The zero-order valence-corrected chi connectivity index (χ0v) is 54.3. The number of phosphoric acid groups is 1. The van der Waals surface area contributed by atoms with E-state index in [9.17, 15) is 19.0 Å². The van der Waals surface area contributed by atoms with Crippen LogP contribution in [0.5, 0.6) is 0 Å². The summed E-state index contributed by atoms with van der Waals surface area (Å²) in [7, 11) is 1.44. The summed E-state index contributed by atoms with van der Waals surface area (Å²) in [6.45, 7) is 4.16. The molecule has 0 aliphatic carbocycles. The Morgan fingerprint density at radius 2 is 0.659 bits per heavy atom. The normalized spacial score (nSPS) is 14.0. The number of hydrogen-bond acceptors (Lipinski definition) is 7. The summed E-state index contributed by atoms with van der Waals surface area (Å²) in [6, 6.07) is 0. The van der Waals surface area contributed by atoms with Crippen LogP contribution < -0.4 is 0 Å². The van der Waals surface area contributed by atoms with E-state index in [1.54, 1.807) is 0 Å². The highest BCUT2D eigenvalue weighted by atomic mass is 31.2. The largest absolute Gasteiger partial charge is 0.472 e. The lowest BCUT2D eigenvalue weighted by molar-refractivity contribution is -0.870. The molecular weight excluding hydrogens is 1040 g/mol. The zero-order valence-electron chi connectivity index (χ0n) is 53.4. The molecule has 0 aliphatic rings. The van der Waals surface area contributed by atoms with Crippen molar-refractivity contribution < 1.29 is 42.1 Å². The minimum Gasteiger partial charge on any atom is -0.462 e. The number of allylic oxidation sites excluding steroid dienone is 20. The quantitative estimate of drug-likeness (QED) is 0.0211. The lowest BCUT2D eigenvalue weighted by atomic mass is 10.0. The third kappa shape index (κ3) is 65.6. The van der Waals surface area contributed by atoms with Gasteiger partial charge in [-0.15, -0.1) is 0 Å². The van der Waals surface area contributed by atoms with Gasteiger partial charge >= 0.3 is 19.8 Å². The van der Waals surface area contributed by atoms with Gasteiger partial charge in [-0.1, -0.05) is 277 Å². The van der Waals surface area contributed by atoms with Crippen LogP contribution in [0.25, 0.3) is 0 Å². The molecule has 0 aromatic heterocycles. The summed E-state index contributed by atoms with van der Waals surface area (Å²) >= 11 is 0. The predicted molar refractivity (Wildman–Crippen MR) is 353 cm³/mol. The number of unbranched alkanes of at least 4 members (excludes halogenated alkanes) is 26. The molecule has 0 fully saturated rings. The molecule has 0 aliphatic heterocycles. The fourth-order valence-corrected chi connectivity index (χ4v) is 9.69. The molecule has 0 saturated carbocycles. The summed E-state index contributed by atoms with van der Waals surface area (Å²) in [5, 5.41) is 0. The van der Waals surface area contributed by atoms with Crippen LogP contribution in [0.15, 0.2) is 122 Å². The van der Waals surface area contributed by atoms with Gasteiger partial charge in [0.15, 0.2) is 6.10 Å². The number of likely N-dealkylation sites (N-methyl/N-ethyl adjacent to an activating group) is 1. The third-order valence-corrected chi connectivity index (χ3v) is 15.0. The van der Waals surface area contributed by atoms with E-state index in [0.29, 0.717) is 17.4 Å². The minimum atomic E-state index is -4.41. The molecule has 2 unspecified atom stereocenters. The molecule has 0 aromatic carbocycles. The van der Waals surface area contributed by atoms with E-state index in [4.69, 9.17) is 18.5 Å². The van der Waals surface area contributed by atoms with E-state index < -0.39 is 26.5 Å². The van der Waals surface area contributed by atoms with E-state index >= 15 is 0 Å². The van der Waals surface area contributed by atoms with Crippen molar-refractivity contribution in [1.82, 2.24) is 0 Å². The Bertz CT molecular complexity index is 1800. The topological polar surface area (TPSA) is 108 Å². The maximum atomic E-state index is 12.8. The summed E-state index contributed by atoms with van der Waals surface area (Å²) in [5.74, 6) is -0.846. The smallest absolute Gasteiger partial charge is 0.462 e. The highest BCUT2D eigenvalue weighted by Crippen LogP contribution is 2.43. The predicted octanol–water partition coefficient (Wildman–Crippen LogP) is 21.5. The van der Waals surface area contributed by atoms with Crippen molar-refractivity contribution in [2.45, 2.75) is 277 Å². The van der Waals surface area contributed by atoms with Crippen molar-refractivity contribution in [1.29, 1.82) is 0 Å². The van der Waals surface area contributed by atoms with E-state index in [1.165, 1.54) is 141 Å². The van der Waals surface area contributed by atoms with Gasteiger partial charge in [0.2, 0.25) is 0 Å². The molecule has 0 rings (SSSR count). The first-order valence-electron chi connectivity index (χ1n) is 33.3. The van der Waals surface area contributed by atoms with Crippen LogP contribution in [0.3, 0.4) is 0 Å². The number of carbonyl (C=O) groups excluding carboxylic acids is 2. The molecule has 10 heteroatoms. The van der Waals surface area contributed by atoms with Gasteiger partial charge in [0.1, 0.15) is 19.8 Å². The van der Waals surface area contributed by atoms with E-state index in [1.807, 2.05) is 21.1 Å². The first kappa shape index (κ1) is 78.4. The van der Waals surface area contributed by atoms with Crippen LogP contribution in [0.1, 0.15) is 271 Å². The molecule has 0 radical (unpaired) electrons. The van der Waals surface area contributed by atoms with Crippen LogP contribution in [0.4, 0.5) is 0 Å². The number of hydrogen-bond donors (Lipinski definition) is 1. The molecule has 0 spiro atoms. The summed E-state index contributed by atoms with van der Waals surface area (Å²) in [6.07, 6.45) is 88.9. The first-order valence-corrected chi connectivity index (χ1v) is 34.8. The number of quaternary nitrogens is 1. The molecule has 0 amide bonds. The van der Waals surface area contributed by atoms with Gasteiger partial charge in [0.25, 0.3) is 0 Å². The average Bonchev–Trinajstić information content (AvgIpc) is 3.46. The van der Waals surface area contributed by atoms with Gasteiger partial charge in [-0.05, 0) is 103 Å². The number of nitrogens with zero attached hydrogens (tertiary/aromatic N) is 1. The number of esters is 2. The molecule has 9 nitrogen and oxygen atoms in total. The SMILES string of the molecule is CC/C=C\C/C=C\C/C=C\C/C=C\C/C=C\C/C=C\CCCCC(=O)OC(COC(=O)CCCCCCCCCCCCCCCCCCCCCCCCCC/C=C\C/C=C\C/C=C\C/C=C\CC)COP(=O)(O)OCC[N+](C)(C)C. The maximum Gasteiger partial charge on any atom is 0.472 e. The number of phosphoric ester groups is 1. The zero-order chi connectivity index (χ0) is 59.8. The minimum absolute atomic E-state index is 0.0187. The Kier molecular flexibility index (Phi) is 59.2. The van der Waals surface area contributed by atoms with Crippen molar-refractivity contribution >= 4 is 19.8 Å². The standard InChI is InChI=1S/C72H124NO8P/c1-6-8-10-12-14-16-18-20-22-24-26-28-29-30-31-32-33-34-35-36-37-38-39-40-41-42-43-45-46-48-50-52-54-56-58-60-62-64-71(74)78-68-70(69-80-82(76,77)79-67-66-73(3,4)5)81-72(75)65-63-61-59-57-55-53-51-49-47-44-27-25-23-21-19-17-15-13-11-9-7-2/h8-11,14-17,20-23,26-28,44,49,51,55,57,70H,6-7,12-13,18-19,24-25,29-43,45-48,50,52-54,56,58-69H2,1-5H3/p+1/b10-8-,11-9-,16-14-,17-15-,22-20-,23-21-,28-26-,44-27-,51-49-,57-55-. The third-order valence-electron chi connectivity index (χ3n) is 14.0. The highest BCUT2D eigenvalue weighted by molar-refractivity contribution is 7.47. The van der Waals surface area contributed by atoms with Crippen LogP contribution in [0, 0.1) is 0 Å². The van der Waals surface area contributed by atoms with Crippen molar-refractivity contribution in [2.75, 3.05) is 47.5 Å². The molecule has 470 valence electrons. The maximum absolute atomic E-state index is 12.8. The van der Waals surface area contributed by atoms with Crippen molar-refractivity contribution in [3.8, 4) is 0 Å². The summed E-state index contributed by atoms with van der Waals surface area (Å²) < 4.78 is 34.6. The number of rotatable bonds is 60. The van der Waals surface area contributed by atoms with Crippen molar-refractivity contribution in [3.63, 3.8) is 0 Å². The van der Waals surface area contributed by atoms with Crippen molar-refractivity contribution in [2.24, 2.45) is 0 Å². The van der Waals surface area contributed by atoms with Crippen LogP contribution in [-0.4, -0.2) is 74.9 Å². The fraction of sp³-hybridized carbons (Fsp3) is 0.694. The van der Waals surface area contributed by atoms with E-state index in [-0.39, 0.29) is 32.0 Å². The molecule has 1 N–H and O–H groups in total. The summed E-state index contributed by atoms with van der Waals surface area (Å²) in [5.41, 5.74) is 0. The van der Waals surface area contributed by atoms with Crippen molar-refractivity contribution in [3.05, 3.63) is 122 Å². The lowest BCUT2D eigenvalue weighted by Crippen LogP contribution is -2.37. The highest BCUT2D eigenvalue weighted by Gasteiger charge is 2.27. The van der Waals surface area contributed by atoms with Gasteiger partial charge in [-0.25, -0.2) is 4.57 Å². The first-order chi connectivity index (χ1) is 40.0. The Balaban J connectivity index is 4.03. The molecule has 0 aromatic rings. The second-order valence-corrected chi connectivity index (χ2v) is 24.5. The Morgan fingerprint density at radius 1 is 0.378 bits per heavy atom. The van der Waals surface area contributed by atoms with Gasteiger partial charge in [0.05, 0.1) is 27.7 Å². The molecular formula is C72H125NO8P+. The monoisotopic (exact) mass is 1160 g/mol. The fourth-order valence-electron chi connectivity index (χ4n) is 8.95. The molecule has 2 atom stereocenters. The molecule has 0 saturated heterocycles. The van der Waals surface area contributed by atoms with Gasteiger partial charge in [-0.2, -0.15) is 0 Å². The molecule has 82 heavy (non-hydrogen) atoms. The summed E-state index contributed by atoms with van der Waals surface area (Å²) in [4.78, 5) is 35.8. The van der Waals surface area contributed by atoms with E-state index in [0.717, 1.165) is 96.3 Å². The number of ether oxygens (including phenoxy) is 2. The molecule has 0 bridgehead atoms. The second-order valence-electron chi connectivity index (χ2n) is 23.1. The van der Waals surface area contributed by atoms with Gasteiger partial charge in [0, 0.05) is 12.8 Å². The Labute approximate surface area is 505 Å². The number of carbonyl (C=O) groups is 2.